The third-order valence-electron chi connectivity index (χ3n) is 3.92. The average molecular weight is 214 g/mol. The molecule has 1 saturated heterocycles. The second-order valence-electron chi connectivity index (χ2n) is 5.36. The molecule has 1 rings (SSSR count). The fourth-order valence-corrected chi connectivity index (χ4v) is 2.30. The number of nitrogens with zero attached hydrogens (tertiary/aromatic N) is 1. The molecule has 1 heterocycles. The van der Waals surface area contributed by atoms with E-state index in [4.69, 9.17) is 10.5 Å². The molecule has 3 atom stereocenters. The quantitative estimate of drug-likeness (QED) is 0.773. The highest BCUT2D eigenvalue weighted by Crippen LogP contribution is 2.28. The van der Waals surface area contributed by atoms with Crippen molar-refractivity contribution in [2.45, 2.75) is 52.3 Å². The van der Waals surface area contributed by atoms with Crippen LogP contribution in [0.25, 0.3) is 0 Å². The minimum absolute atomic E-state index is 0.0947. The normalized spacial score (nSPS) is 33.0. The van der Waals surface area contributed by atoms with Crippen molar-refractivity contribution in [2.24, 2.45) is 11.7 Å². The van der Waals surface area contributed by atoms with Gasteiger partial charge in [0.15, 0.2) is 0 Å². The monoisotopic (exact) mass is 214 g/mol. The molecule has 0 aromatic carbocycles. The Morgan fingerprint density at radius 3 is 2.53 bits per heavy atom. The third kappa shape index (κ3) is 2.52. The van der Waals surface area contributed by atoms with Crippen LogP contribution in [0.4, 0.5) is 0 Å². The zero-order chi connectivity index (χ0) is 11.6. The molecule has 2 N–H and O–H groups in total. The number of nitrogens with two attached hydrogens (primary N) is 1. The van der Waals surface area contributed by atoms with Crippen LogP contribution in [-0.2, 0) is 4.74 Å². The van der Waals surface area contributed by atoms with Gasteiger partial charge in [0.2, 0.25) is 0 Å². The van der Waals surface area contributed by atoms with E-state index in [2.05, 4.69) is 39.5 Å². The van der Waals surface area contributed by atoms with Crippen LogP contribution in [0.5, 0.6) is 0 Å². The Morgan fingerprint density at radius 2 is 2.07 bits per heavy atom. The Labute approximate surface area is 94.0 Å². The first kappa shape index (κ1) is 12.9. The highest BCUT2D eigenvalue weighted by Gasteiger charge is 2.39. The van der Waals surface area contributed by atoms with Crippen molar-refractivity contribution >= 4 is 0 Å². The van der Waals surface area contributed by atoms with Crippen molar-refractivity contribution in [3.63, 3.8) is 0 Å². The fourth-order valence-electron chi connectivity index (χ4n) is 2.30. The summed E-state index contributed by atoms with van der Waals surface area (Å²) in [5.74, 6) is 0.565. The van der Waals surface area contributed by atoms with Crippen LogP contribution >= 0.6 is 0 Å². The molecular formula is C12H26N2O. The van der Waals surface area contributed by atoms with Gasteiger partial charge in [-0.2, -0.15) is 0 Å². The zero-order valence-electron chi connectivity index (χ0n) is 10.8. The average Bonchev–Trinajstić information content (AvgIpc) is 2.20. The summed E-state index contributed by atoms with van der Waals surface area (Å²) < 4.78 is 5.66. The molecule has 0 spiro atoms. The van der Waals surface area contributed by atoms with Gasteiger partial charge < -0.3 is 10.5 Å². The Hall–Kier alpha value is -0.120. The Bertz CT molecular complexity index is 208. The largest absolute Gasteiger partial charge is 0.376 e. The summed E-state index contributed by atoms with van der Waals surface area (Å²) >= 11 is 0. The maximum Gasteiger partial charge on any atom is 0.0675 e. The lowest BCUT2D eigenvalue weighted by Gasteiger charge is -2.50. The van der Waals surface area contributed by atoms with Crippen LogP contribution in [0.2, 0.25) is 0 Å². The smallest absolute Gasteiger partial charge is 0.0675 e. The van der Waals surface area contributed by atoms with E-state index in [1.54, 1.807) is 0 Å². The molecule has 3 nitrogen and oxygen atoms in total. The predicted molar refractivity (Wildman–Crippen MR) is 63.9 cm³/mol. The van der Waals surface area contributed by atoms with E-state index in [1.165, 1.54) is 0 Å². The number of rotatable bonds is 3. The van der Waals surface area contributed by atoms with E-state index in [0.717, 1.165) is 13.2 Å². The molecule has 0 aromatic rings. The molecule has 3 heteroatoms. The lowest BCUT2D eigenvalue weighted by atomic mass is 9.85. The van der Waals surface area contributed by atoms with E-state index >= 15 is 0 Å². The number of ether oxygens (including phenoxy) is 1. The first-order valence-corrected chi connectivity index (χ1v) is 6.00. The zero-order valence-corrected chi connectivity index (χ0v) is 10.8. The Kier molecular flexibility index (Phi) is 4.15. The molecule has 1 aliphatic rings. The van der Waals surface area contributed by atoms with Gasteiger partial charge >= 0.3 is 0 Å². The molecule has 0 radical (unpaired) electrons. The third-order valence-corrected chi connectivity index (χ3v) is 3.92. The standard InChI is InChI=1S/C12H26N2O/c1-9(2)12(5,8-13)14-6-11(4)15-7-10(14)3/h9-11H,6-8,13H2,1-5H3. The van der Waals surface area contributed by atoms with E-state index < -0.39 is 0 Å². The first-order chi connectivity index (χ1) is 6.91. The van der Waals surface area contributed by atoms with E-state index in [0.29, 0.717) is 24.6 Å². The molecular weight excluding hydrogens is 188 g/mol. The fraction of sp³-hybridized carbons (Fsp3) is 1.00. The predicted octanol–water partition coefficient (Wildman–Crippen LogP) is 1.47. The molecule has 0 amide bonds. The molecule has 1 aliphatic heterocycles. The van der Waals surface area contributed by atoms with E-state index in [1.807, 2.05) is 0 Å². The molecule has 15 heavy (non-hydrogen) atoms. The van der Waals surface area contributed by atoms with Crippen molar-refractivity contribution in [2.75, 3.05) is 19.7 Å². The summed E-state index contributed by atoms with van der Waals surface area (Å²) in [6.45, 7) is 13.7. The minimum atomic E-state index is 0.0947. The van der Waals surface area contributed by atoms with Gasteiger partial charge in [0.25, 0.3) is 0 Å². The molecule has 0 aliphatic carbocycles. The minimum Gasteiger partial charge on any atom is -0.376 e. The maximum absolute atomic E-state index is 5.96. The van der Waals surface area contributed by atoms with Crippen molar-refractivity contribution in [1.29, 1.82) is 0 Å². The molecule has 0 saturated carbocycles. The topological polar surface area (TPSA) is 38.5 Å². The van der Waals surface area contributed by atoms with E-state index in [-0.39, 0.29) is 5.54 Å². The van der Waals surface area contributed by atoms with Crippen molar-refractivity contribution in [1.82, 2.24) is 4.90 Å². The van der Waals surface area contributed by atoms with Gasteiger partial charge in [-0.15, -0.1) is 0 Å². The van der Waals surface area contributed by atoms with Gasteiger partial charge in [-0.3, -0.25) is 4.90 Å². The number of hydrogen-bond donors (Lipinski definition) is 1. The summed E-state index contributed by atoms with van der Waals surface area (Å²) in [4.78, 5) is 2.52. The van der Waals surface area contributed by atoms with Gasteiger partial charge in [-0.05, 0) is 26.7 Å². The maximum atomic E-state index is 5.96. The van der Waals surface area contributed by atoms with Gasteiger partial charge in [0, 0.05) is 24.7 Å². The summed E-state index contributed by atoms with van der Waals surface area (Å²) in [7, 11) is 0. The van der Waals surface area contributed by atoms with Crippen LogP contribution in [0.15, 0.2) is 0 Å². The highest BCUT2D eigenvalue weighted by atomic mass is 16.5. The second kappa shape index (κ2) is 4.81. The van der Waals surface area contributed by atoms with Gasteiger partial charge in [-0.1, -0.05) is 13.8 Å². The lowest BCUT2D eigenvalue weighted by molar-refractivity contribution is -0.0992. The van der Waals surface area contributed by atoms with Crippen LogP contribution in [-0.4, -0.2) is 42.3 Å². The first-order valence-electron chi connectivity index (χ1n) is 6.00. The summed E-state index contributed by atoms with van der Waals surface area (Å²) in [6.07, 6.45) is 0.325. The second-order valence-corrected chi connectivity index (χ2v) is 5.36. The highest BCUT2D eigenvalue weighted by molar-refractivity contribution is 4.94. The van der Waals surface area contributed by atoms with Crippen LogP contribution < -0.4 is 5.73 Å². The molecule has 1 fully saturated rings. The van der Waals surface area contributed by atoms with Crippen LogP contribution in [0.3, 0.4) is 0 Å². The van der Waals surface area contributed by atoms with Crippen LogP contribution in [0, 0.1) is 5.92 Å². The number of morpholine rings is 1. The van der Waals surface area contributed by atoms with Crippen LogP contribution in [0.1, 0.15) is 34.6 Å². The van der Waals surface area contributed by atoms with Gasteiger partial charge in [-0.25, -0.2) is 0 Å². The van der Waals surface area contributed by atoms with Gasteiger partial charge in [0.05, 0.1) is 12.7 Å². The molecule has 0 bridgehead atoms. The van der Waals surface area contributed by atoms with E-state index in [9.17, 15) is 0 Å². The summed E-state index contributed by atoms with van der Waals surface area (Å²) in [5, 5.41) is 0. The molecule has 90 valence electrons. The van der Waals surface area contributed by atoms with Gasteiger partial charge in [0.1, 0.15) is 0 Å². The Morgan fingerprint density at radius 1 is 1.47 bits per heavy atom. The molecule has 0 aromatic heterocycles. The van der Waals surface area contributed by atoms with Crippen molar-refractivity contribution in [3.8, 4) is 0 Å². The summed E-state index contributed by atoms with van der Waals surface area (Å²) in [6, 6.07) is 0.470. The summed E-state index contributed by atoms with van der Waals surface area (Å²) in [5.41, 5.74) is 6.06. The number of hydrogen-bond acceptors (Lipinski definition) is 3. The van der Waals surface area contributed by atoms with Crippen molar-refractivity contribution < 1.29 is 4.74 Å². The molecule has 3 unspecified atom stereocenters. The van der Waals surface area contributed by atoms with Crippen molar-refractivity contribution in [3.05, 3.63) is 0 Å². The Balaban J connectivity index is 2.81. The lowest BCUT2D eigenvalue weighted by Crippen LogP contribution is -2.63. The SMILES string of the molecule is CC1CN(C(C)(CN)C(C)C)C(C)CO1.